The monoisotopic (exact) mass is 357 g/mol. The maximum Gasteiger partial charge on any atom is 0.254 e. The maximum absolute atomic E-state index is 13.1. The first-order valence-corrected chi connectivity index (χ1v) is 9.31. The minimum absolute atomic E-state index is 0.0534. The molecule has 0 saturated carbocycles. The molecule has 2 aliphatic rings. The molecule has 1 aromatic heterocycles. The molecule has 0 bridgehead atoms. The van der Waals surface area contributed by atoms with Gasteiger partial charge >= 0.3 is 0 Å². The van der Waals surface area contributed by atoms with Crippen LogP contribution in [-0.2, 0) is 9.47 Å². The zero-order valence-electron chi connectivity index (χ0n) is 15.5. The number of hydrogen-bond donors (Lipinski definition) is 1. The largest absolute Gasteiger partial charge is 0.377 e. The SMILES string of the molecule is CN(C)C[C@@H]1CC[C@@]2(COCCN(C(=O)c3ccc4[nH]ccc4c3)C2)O1. The van der Waals surface area contributed by atoms with Crippen molar-refractivity contribution < 1.29 is 14.3 Å². The Labute approximate surface area is 154 Å². The van der Waals surface area contributed by atoms with Gasteiger partial charge < -0.3 is 24.3 Å². The van der Waals surface area contributed by atoms with E-state index >= 15 is 0 Å². The second kappa shape index (κ2) is 7.02. The number of carbonyl (C=O) groups excluding carboxylic acids is 1. The van der Waals surface area contributed by atoms with Gasteiger partial charge in [0, 0.05) is 35.8 Å². The van der Waals surface area contributed by atoms with Gasteiger partial charge in [-0.25, -0.2) is 0 Å². The highest BCUT2D eigenvalue weighted by Crippen LogP contribution is 2.33. The predicted molar refractivity (Wildman–Crippen MR) is 100 cm³/mol. The highest BCUT2D eigenvalue weighted by Gasteiger charge is 2.44. The molecule has 1 aromatic carbocycles. The van der Waals surface area contributed by atoms with Crippen LogP contribution in [0.25, 0.3) is 10.9 Å². The first-order valence-electron chi connectivity index (χ1n) is 9.31. The molecule has 1 amide bonds. The van der Waals surface area contributed by atoms with Crippen LogP contribution < -0.4 is 0 Å². The third-order valence-corrected chi connectivity index (χ3v) is 5.34. The van der Waals surface area contributed by atoms with Crippen molar-refractivity contribution in [2.24, 2.45) is 0 Å². The van der Waals surface area contributed by atoms with Crippen LogP contribution in [0.3, 0.4) is 0 Å². The van der Waals surface area contributed by atoms with Crippen molar-refractivity contribution in [1.29, 1.82) is 0 Å². The summed E-state index contributed by atoms with van der Waals surface area (Å²) in [6, 6.07) is 7.80. The summed E-state index contributed by atoms with van der Waals surface area (Å²) in [4.78, 5) is 20.3. The van der Waals surface area contributed by atoms with Crippen molar-refractivity contribution in [2.75, 3.05) is 46.9 Å². The first-order chi connectivity index (χ1) is 12.5. The van der Waals surface area contributed by atoms with E-state index in [1.165, 1.54) is 0 Å². The zero-order chi connectivity index (χ0) is 18.1. The maximum atomic E-state index is 13.1. The van der Waals surface area contributed by atoms with E-state index < -0.39 is 0 Å². The second-order valence-electron chi connectivity index (χ2n) is 7.78. The Balaban J connectivity index is 1.51. The van der Waals surface area contributed by atoms with Crippen LogP contribution in [0.4, 0.5) is 0 Å². The molecular weight excluding hydrogens is 330 g/mol. The summed E-state index contributed by atoms with van der Waals surface area (Å²) in [6.07, 6.45) is 4.05. The van der Waals surface area contributed by atoms with E-state index in [-0.39, 0.29) is 17.6 Å². The van der Waals surface area contributed by atoms with Gasteiger partial charge in [-0.1, -0.05) is 0 Å². The number of likely N-dealkylation sites (N-methyl/N-ethyl adjacent to an activating group) is 1. The lowest BCUT2D eigenvalue weighted by molar-refractivity contribution is -0.0878. The Morgan fingerprint density at radius 1 is 1.38 bits per heavy atom. The lowest BCUT2D eigenvalue weighted by Gasteiger charge is -2.32. The molecular formula is C20H27N3O3. The number of aromatic amines is 1. The third kappa shape index (κ3) is 3.49. The summed E-state index contributed by atoms with van der Waals surface area (Å²) in [5.41, 5.74) is 1.39. The molecule has 140 valence electrons. The molecule has 2 fully saturated rings. The number of nitrogens with one attached hydrogen (secondary N) is 1. The fourth-order valence-corrected chi connectivity index (χ4v) is 4.10. The summed E-state index contributed by atoms with van der Waals surface area (Å²) in [5, 5.41) is 1.06. The second-order valence-corrected chi connectivity index (χ2v) is 7.78. The average Bonchev–Trinajstić information content (AvgIpc) is 3.17. The minimum Gasteiger partial charge on any atom is -0.377 e. The van der Waals surface area contributed by atoms with E-state index in [1.807, 2.05) is 35.4 Å². The Bertz CT molecular complexity index is 787. The zero-order valence-corrected chi connectivity index (χ0v) is 15.5. The fourth-order valence-electron chi connectivity index (χ4n) is 4.10. The third-order valence-electron chi connectivity index (χ3n) is 5.34. The molecule has 2 saturated heterocycles. The molecule has 4 rings (SSSR count). The number of carbonyl (C=O) groups is 1. The Hall–Kier alpha value is -1.89. The van der Waals surface area contributed by atoms with Gasteiger partial charge in [0.2, 0.25) is 0 Å². The van der Waals surface area contributed by atoms with Crippen LogP contribution in [0.1, 0.15) is 23.2 Å². The van der Waals surface area contributed by atoms with Crippen molar-refractivity contribution in [1.82, 2.24) is 14.8 Å². The summed E-state index contributed by atoms with van der Waals surface area (Å²) in [7, 11) is 4.12. The smallest absolute Gasteiger partial charge is 0.254 e. The topological polar surface area (TPSA) is 57.8 Å². The standard InChI is InChI=1S/C20H27N3O3/c1-22(2)12-17-5-7-20(26-17)13-23(9-10-25-14-20)19(24)16-3-4-18-15(11-16)6-8-21-18/h3-4,6,8,11,17,21H,5,7,9-10,12-14H2,1-2H3/t17-,20+/m0/s1. The number of nitrogens with zero attached hydrogens (tertiary/aromatic N) is 2. The number of rotatable bonds is 3. The van der Waals surface area contributed by atoms with E-state index in [4.69, 9.17) is 9.47 Å². The molecule has 0 aliphatic carbocycles. The van der Waals surface area contributed by atoms with Gasteiger partial charge in [0.1, 0.15) is 5.60 Å². The average molecular weight is 357 g/mol. The van der Waals surface area contributed by atoms with Crippen molar-refractivity contribution in [3.8, 4) is 0 Å². The van der Waals surface area contributed by atoms with Crippen LogP contribution in [0.15, 0.2) is 30.5 Å². The molecule has 3 heterocycles. The fraction of sp³-hybridized carbons (Fsp3) is 0.550. The number of benzene rings is 1. The number of amides is 1. The molecule has 6 nitrogen and oxygen atoms in total. The highest BCUT2D eigenvalue weighted by atomic mass is 16.6. The molecule has 2 aromatic rings. The minimum atomic E-state index is -0.370. The number of hydrogen-bond acceptors (Lipinski definition) is 4. The van der Waals surface area contributed by atoms with Crippen LogP contribution in [0, 0.1) is 0 Å². The summed E-state index contributed by atoms with van der Waals surface area (Å²) >= 11 is 0. The number of ether oxygens (including phenoxy) is 2. The summed E-state index contributed by atoms with van der Waals surface area (Å²) in [5.74, 6) is 0.0534. The highest BCUT2D eigenvalue weighted by molar-refractivity contribution is 5.98. The van der Waals surface area contributed by atoms with Crippen LogP contribution in [-0.4, -0.2) is 79.3 Å². The van der Waals surface area contributed by atoms with Crippen molar-refractivity contribution in [2.45, 2.75) is 24.5 Å². The van der Waals surface area contributed by atoms with Gasteiger partial charge in [0.25, 0.3) is 5.91 Å². The van der Waals surface area contributed by atoms with Crippen LogP contribution in [0.2, 0.25) is 0 Å². The van der Waals surface area contributed by atoms with Gasteiger partial charge in [0.15, 0.2) is 0 Å². The van der Waals surface area contributed by atoms with Gasteiger partial charge in [-0.05, 0) is 51.2 Å². The number of fused-ring (bicyclic) bond motifs is 1. The van der Waals surface area contributed by atoms with Gasteiger partial charge in [-0.3, -0.25) is 4.79 Å². The number of aromatic nitrogens is 1. The van der Waals surface area contributed by atoms with Crippen LogP contribution in [0.5, 0.6) is 0 Å². The van der Waals surface area contributed by atoms with Crippen molar-refractivity contribution in [3.63, 3.8) is 0 Å². The van der Waals surface area contributed by atoms with Crippen molar-refractivity contribution >= 4 is 16.8 Å². The molecule has 0 unspecified atom stereocenters. The Morgan fingerprint density at radius 2 is 2.27 bits per heavy atom. The molecule has 2 atom stereocenters. The van der Waals surface area contributed by atoms with E-state index in [2.05, 4.69) is 24.0 Å². The molecule has 1 spiro atoms. The predicted octanol–water partition coefficient (Wildman–Crippen LogP) is 2.12. The normalized spacial score (nSPS) is 26.7. The first kappa shape index (κ1) is 17.5. The lowest BCUT2D eigenvalue weighted by Crippen LogP contribution is -2.47. The van der Waals surface area contributed by atoms with Crippen molar-refractivity contribution in [3.05, 3.63) is 36.0 Å². The van der Waals surface area contributed by atoms with Gasteiger partial charge in [-0.15, -0.1) is 0 Å². The molecule has 26 heavy (non-hydrogen) atoms. The van der Waals surface area contributed by atoms with Gasteiger partial charge in [0.05, 0.1) is 25.9 Å². The van der Waals surface area contributed by atoms with Crippen LogP contribution >= 0.6 is 0 Å². The summed E-state index contributed by atoms with van der Waals surface area (Å²) in [6.45, 7) is 3.23. The summed E-state index contributed by atoms with van der Waals surface area (Å²) < 4.78 is 12.2. The van der Waals surface area contributed by atoms with E-state index in [0.717, 1.165) is 35.9 Å². The Kier molecular flexibility index (Phi) is 4.73. The Morgan fingerprint density at radius 3 is 3.12 bits per heavy atom. The molecule has 2 aliphatic heterocycles. The quantitative estimate of drug-likeness (QED) is 0.914. The van der Waals surface area contributed by atoms with E-state index in [0.29, 0.717) is 26.3 Å². The van der Waals surface area contributed by atoms with Gasteiger partial charge in [-0.2, -0.15) is 0 Å². The lowest BCUT2D eigenvalue weighted by atomic mass is 9.99. The van der Waals surface area contributed by atoms with E-state index in [9.17, 15) is 4.79 Å². The molecule has 1 N–H and O–H groups in total. The van der Waals surface area contributed by atoms with E-state index in [1.54, 1.807) is 0 Å². The number of H-pyrrole nitrogens is 1. The molecule has 6 heteroatoms. The molecule has 0 radical (unpaired) electrons.